The molecule has 7 nitrogen and oxygen atoms in total. The summed E-state index contributed by atoms with van der Waals surface area (Å²) >= 11 is 1.96. The second-order valence-electron chi connectivity index (χ2n) is 4.25. The Morgan fingerprint density at radius 2 is 2.05 bits per heavy atom. The summed E-state index contributed by atoms with van der Waals surface area (Å²) in [5.74, 6) is -0.394. The molecule has 0 heterocycles. The van der Waals surface area contributed by atoms with E-state index in [0.717, 1.165) is 0 Å². The van der Waals surface area contributed by atoms with Crippen LogP contribution < -0.4 is 5.32 Å². The van der Waals surface area contributed by atoms with Gasteiger partial charge in [-0.2, -0.15) is 0 Å². The van der Waals surface area contributed by atoms with Crippen molar-refractivity contribution in [2.45, 2.75) is 25.7 Å². The monoisotopic (exact) mass is 408 g/mol. The van der Waals surface area contributed by atoms with E-state index in [-0.39, 0.29) is 17.3 Å². The zero-order valence-electron chi connectivity index (χ0n) is 12.0. The Hall–Kier alpha value is -1.26. The van der Waals surface area contributed by atoms with Crippen LogP contribution in [-0.2, 0) is 9.47 Å². The first-order valence-corrected chi connectivity index (χ1v) is 7.32. The Morgan fingerprint density at radius 1 is 1.43 bits per heavy atom. The van der Waals surface area contributed by atoms with Crippen LogP contribution in [0.25, 0.3) is 0 Å². The lowest BCUT2D eigenvalue weighted by Crippen LogP contribution is -2.44. The smallest absolute Gasteiger partial charge is 0.270 e. The molecule has 21 heavy (non-hydrogen) atoms. The molecule has 1 N–H and O–H groups in total. The summed E-state index contributed by atoms with van der Waals surface area (Å²) < 4.78 is 10.9. The maximum Gasteiger partial charge on any atom is 0.270 e. The van der Waals surface area contributed by atoms with Crippen molar-refractivity contribution in [1.82, 2.24) is 5.32 Å². The third kappa shape index (κ3) is 4.61. The molecule has 0 radical (unpaired) electrons. The molecule has 116 valence electrons. The number of carbonyl (C=O) groups is 1. The van der Waals surface area contributed by atoms with Crippen molar-refractivity contribution in [1.29, 1.82) is 0 Å². The lowest BCUT2D eigenvalue weighted by Gasteiger charge is -2.24. The molecule has 1 rings (SSSR count). The molecule has 0 saturated heterocycles. The van der Waals surface area contributed by atoms with Gasteiger partial charge in [0.05, 0.1) is 16.5 Å². The molecule has 0 bridgehead atoms. The molecule has 0 aliphatic heterocycles. The van der Waals surface area contributed by atoms with Gasteiger partial charge in [0, 0.05) is 29.9 Å². The average molecular weight is 408 g/mol. The van der Waals surface area contributed by atoms with Crippen molar-refractivity contribution in [2.75, 3.05) is 14.2 Å². The van der Waals surface area contributed by atoms with Crippen LogP contribution in [-0.4, -0.2) is 37.4 Å². The van der Waals surface area contributed by atoms with Gasteiger partial charge in [-0.05, 0) is 35.1 Å². The highest BCUT2D eigenvalue weighted by Crippen LogP contribution is 2.20. The molecule has 1 aromatic rings. The summed E-state index contributed by atoms with van der Waals surface area (Å²) in [6.45, 7) is 1.88. The first-order valence-electron chi connectivity index (χ1n) is 6.25. The fraction of sp³-hybridized carbons (Fsp3) is 0.462. The third-order valence-corrected chi connectivity index (χ3v) is 3.90. The fourth-order valence-corrected chi connectivity index (χ4v) is 2.41. The Labute approximate surface area is 136 Å². The molecule has 0 unspecified atom stereocenters. The summed E-state index contributed by atoms with van der Waals surface area (Å²) in [7, 11) is 2.97. The van der Waals surface area contributed by atoms with Gasteiger partial charge in [0.1, 0.15) is 0 Å². The predicted molar refractivity (Wildman–Crippen MR) is 85.2 cm³/mol. The quantitative estimate of drug-likeness (QED) is 0.324. The Bertz CT molecular complexity index is 519. The first-order chi connectivity index (χ1) is 9.94. The molecule has 1 amide bonds. The van der Waals surface area contributed by atoms with Crippen LogP contribution >= 0.6 is 22.6 Å². The summed E-state index contributed by atoms with van der Waals surface area (Å²) in [5.41, 5.74) is 0.137. The number of rotatable bonds is 7. The summed E-state index contributed by atoms with van der Waals surface area (Å²) in [5, 5.41) is 13.6. The van der Waals surface area contributed by atoms with Gasteiger partial charge in [0.15, 0.2) is 6.29 Å². The molecule has 0 aliphatic carbocycles. The van der Waals surface area contributed by atoms with Gasteiger partial charge >= 0.3 is 0 Å². The Morgan fingerprint density at radius 3 is 2.52 bits per heavy atom. The number of nitrogens with one attached hydrogen (secondary N) is 1. The maximum atomic E-state index is 12.3. The highest BCUT2D eigenvalue weighted by molar-refractivity contribution is 14.1. The standard InChI is InChI=1S/C13H17IN2O5/c1-4-11(13(20-2)21-3)15-12(17)9-7-8(16(18)19)5-6-10(9)14/h5-7,11,13H,4H2,1-3H3,(H,15,17)/t11-/m0/s1. The SMILES string of the molecule is CC[C@H](NC(=O)c1cc([N+](=O)[O-])ccc1I)C(OC)OC. The number of hydrogen-bond donors (Lipinski definition) is 1. The average Bonchev–Trinajstić information content (AvgIpc) is 2.47. The molecule has 0 saturated carbocycles. The number of nitro groups is 1. The molecular weight excluding hydrogens is 391 g/mol. The van der Waals surface area contributed by atoms with Crippen molar-refractivity contribution in [3.8, 4) is 0 Å². The van der Waals surface area contributed by atoms with E-state index in [1.54, 1.807) is 6.07 Å². The van der Waals surface area contributed by atoms with Crippen LogP contribution in [0.2, 0.25) is 0 Å². The first kappa shape index (κ1) is 17.8. The van der Waals surface area contributed by atoms with Gasteiger partial charge in [0.25, 0.3) is 11.6 Å². The van der Waals surface area contributed by atoms with Gasteiger partial charge < -0.3 is 14.8 Å². The van der Waals surface area contributed by atoms with Gasteiger partial charge in [-0.15, -0.1) is 0 Å². The van der Waals surface area contributed by atoms with E-state index >= 15 is 0 Å². The molecular formula is C13H17IN2O5. The van der Waals surface area contributed by atoms with Gasteiger partial charge in [-0.25, -0.2) is 0 Å². The highest BCUT2D eigenvalue weighted by Gasteiger charge is 2.23. The Kier molecular flexibility index (Phi) is 6.99. The number of benzene rings is 1. The van der Waals surface area contributed by atoms with E-state index in [9.17, 15) is 14.9 Å². The molecule has 1 aromatic carbocycles. The highest BCUT2D eigenvalue weighted by atomic mass is 127. The minimum atomic E-state index is -0.574. The lowest BCUT2D eigenvalue weighted by atomic mass is 10.1. The maximum absolute atomic E-state index is 12.3. The zero-order chi connectivity index (χ0) is 16.0. The summed E-state index contributed by atoms with van der Waals surface area (Å²) in [6, 6.07) is 3.82. The molecule has 0 aliphatic rings. The van der Waals surface area contributed by atoms with Crippen LogP contribution in [0.4, 0.5) is 5.69 Å². The molecule has 0 spiro atoms. The topological polar surface area (TPSA) is 90.7 Å². The van der Waals surface area contributed by atoms with Crippen molar-refractivity contribution in [3.63, 3.8) is 0 Å². The van der Waals surface area contributed by atoms with Crippen molar-refractivity contribution < 1.29 is 19.2 Å². The van der Waals surface area contributed by atoms with Crippen LogP contribution in [0, 0.1) is 13.7 Å². The second kappa shape index (κ2) is 8.25. The third-order valence-electron chi connectivity index (χ3n) is 2.95. The van der Waals surface area contributed by atoms with E-state index in [2.05, 4.69) is 5.32 Å². The predicted octanol–water partition coefficient (Wildman–Crippen LogP) is 2.33. The van der Waals surface area contributed by atoms with E-state index < -0.39 is 17.1 Å². The number of hydrogen-bond acceptors (Lipinski definition) is 5. The number of carbonyl (C=O) groups excluding carboxylic acids is 1. The van der Waals surface area contributed by atoms with Crippen LogP contribution in [0.1, 0.15) is 23.7 Å². The van der Waals surface area contributed by atoms with Gasteiger partial charge in [0.2, 0.25) is 0 Å². The second-order valence-corrected chi connectivity index (χ2v) is 5.41. The Balaban J connectivity index is 2.97. The molecule has 1 atom stereocenters. The minimum absolute atomic E-state index is 0.122. The number of methoxy groups -OCH3 is 2. The number of halogens is 1. The van der Waals surface area contributed by atoms with E-state index in [1.165, 1.54) is 26.4 Å². The van der Waals surface area contributed by atoms with E-state index in [0.29, 0.717) is 9.99 Å². The largest absolute Gasteiger partial charge is 0.354 e. The minimum Gasteiger partial charge on any atom is -0.354 e. The normalized spacial score (nSPS) is 12.2. The number of ether oxygens (including phenoxy) is 2. The van der Waals surface area contributed by atoms with E-state index in [1.807, 2.05) is 29.5 Å². The van der Waals surface area contributed by atoms with Crippen molar-refractivity contribution >= 4 is 34.2 Å². The molecule has 0 aromatic heterocycles. The number of nitro benzene ring substituents is 1. The van der Waals surface area contributed by atoms with Gasteiger partial charge in [-0.3, -0.25) is 14.9 Å². The van der Waals surface area contributed by atoms with E-state index in [4.69, 9.17) is 9.47 Å². The van der Waals surface area contributed by atoms with Gasteiger partial charge in [-0.1, -0.05) is 6.92 Å². The lowest BCUT2D eigenvalue weighted by molar-refractivity contribution is -0.384. The molecule has 8 heteroatoms. The van der Waals surface area contributed by atoms with Crippen molar-refractivity contribution in [2.24, 2.45) is 0 Å². The van der Waals surface area contributed by atoms with Crippen LogP contribution in [0.3, 0.4) is 0 Å². The fourth-order valence-electron chi connectivity index (χ4n) is 1.83. The number of nitrogens with zero attached hydrogens (tertiary/aromatic N) is 1. The van der Waals surface area contributed by atoms with Crippen LogP contribution in [0.5, 0.6) is 0 Å². The molecule has 0 fully saturated rings. The zero-order valence-corrected chi connectivity index (χ0v) is 14.1. The summed E-state index contributed by atoms with van der Waals surface area (Å²) in [4.78, 5) is 22.6. The van der Waals surface area contributed by atoms with Crippen LogP contribution in [0.15, 0.2) is 18.2 Å². The summed E-state index contributed by atoms with van der Waals surface area (Å²) in [6.07, 6.45) is 0.0270. The number of amides is 1. The van der Waals surface area contributed by atoms with Crippen molar-refractivity contribution in [3.05, 3.63) is 37.4 Å². The number of non-ortho nitro benzene ring substituents is 1.